The molecule has 0 bridgehead atoms. The van der Waals surface area contributed by atoms with Gasteiger partial charge in [0.05, 0.1) is 17.0 Å². The highest BCUT2D eigenvalue weighted by Crippen LogP contribution is 2.45. The number of aromatic nitrogens is 2. The van der Waals surface area contributed by atoms with E-state index in [1.807, 2.05) is 0 Å². The number of rotatable bonds is 3. The first kappa shape index (κ1) is 29.7. The molecule has 0 aliphatic carbocycles. The molecule has 0 amide bonds. The van der Waals surface area contributed by atoms with Crippen LogP contribution in [0.1, 0.15) is 79.1 Å². The molecule has 3 aromatic heterocycles. The zero-order chi connectivity index (χ0) is 28.7. The molecule has 3 N–H and O–H groups in total. The second-order valence-electron chi connectivity index (χ2n) is 11.9. The van der Waals surface area contributed by atoms with E-state index in [0.29, 0.717) is 11.6 Å². The van der Waals surface area contributed by atoms with Crippen LogP contribution in [0, 0.1) is 27.7 Å². The van der Waals surface area contributed by atoms with Gasteiger partial charge in [0.25, 0.3) is 5.97 Å². The Morgan fingerprint density at radius 2 is 1.32 bits per heavy atom. The topological polar surface area (TPSA) is 86.2 Å². The molecule has 0 atom stereocenters. The number of aromatic amines is 1. The molecule has 0 radical (unpaired) electrons. The van der Waals surface area contributed by atoms with Crippen molar-refractivity contribution in [3.05, 3.63) is 54.9 Å². The number of aryl methyl sites for hydroxylation is 4. The molecule has 0 aliphatic heterocycles. The quantitative estimate of drug-likeness (QED) is 0.236. The third-order valence-corrected chi connectivity index (χ3v) is 8.28. The monoisotopic (exact) mass is 552 g/mol. The fourth-order valence-electron chi connectivity index (χ4n) is 4.46. The van der Waals surface area contributed by atoms with Crippen LogP contribution in [0.15, 0.2) is 24.3 Å². The Bertz CT molecular complexity index is 1410. The van der Waals surface area contributed by atoms with E-state index in [2.05, 4.69) is 98.5 Å². The molecular formula is C31H40N2O3S2. The van der Waals surface area contributed by atoms with Gasteiger partial charge in [-0.05, 0) is 62.3 Å². The molecule has 1 aromatic carbocycles. The molecule has 0 saturated heterocycles. The molecule has 4 rings (SSSR count). The third kappa shape index (κ3) is 6.38. The van der Waals surface area contributed by atoms with Gasteiger partial charge in [-0.2, -0.15) is 0 Å². The first-order valence-electron chi connectivity index (χ1n) is 12.7. The summed E-state index contributed by atoms with van der Waals surface area (Å²) in [5.74, 6) is 0.189. The zero-order valence-corrected chi connectivity index (χ0v) is 26.0. The van der Waals surface area contributed by atoms with Crippen LogP contribution in [0.2, 0.25) is 0 Å². The van der Waals surface area contributed by atoms with Gasteiger partial charge in [0.2, 0.25) is 0 Å². The van der Waals surface area contributed by atoms with E-state index in [4.69, 9.17) is 14.9 Å². The van der Waals surface area contributed by atoms with E-state index in [-0.39, 0.29) is 10.8 Å². The van der Waals surface area contributed by atoms with Gasteiger partial charge >= 0.3 is 0 Å². The van der Waals surface area contributed by atoms with E-state index >= 15 is 0 Å². The van der Waals surface area contributed by atoms with Crippen molar-refractivity contribution in [2.45, 2.75) is 87.0 Å². The third-order valence-electron chi connectivity index (χ3n) is 6.35. The van der Waals surface area contributed by atoms with E-state index in [0.717, 1.165) is 35.0 Å². The predicted octanol–water partition coefficient (Wildman–Crippen LogP) is 9.16. The lowest BCUT2D eigenvalue weighted by molar-refractivity contribution is -0.134. The summed E-state index contributed by atoms with van der Waals surface area (Å²) in [6.07, 6.45) is 0. The number of nitrogens with zero attached hydrogens (tertiary/aromatic N) is 1. The maximum absolute atomic E-state index is 11.5. The first-order chi connectivity index (χ1) is 17.4. The van der Waals surface area contributed by atoms with Crippen LogP contribution in [0.3, 0.4) is 0 Å². The average Bonchev–Trinajstić information content (AvgIpc) is 3.41. The lowest BCUT2D eigenvalue weighted by atomic mass is 9.79. The van der Waals surface area contributed by atoms with Crippen molar-refractivity contribution in [3.8, 4) is 39.7 Å². The number of phenolic OH excluding ortho intramolecular Hbond substituents is 1. The Hall–Kier alpha value is -2.90. The van der Waals surface area contributed by atoms with Gasteiger partial charge in [0.15, 0.2) is 0 Å². The number of aliphatic carboxylic acids is 1. The lowest BCUT2D eigenvalue weighted by Crippen LogP contribution is -2.17. The number of carbonyl (C=O) groups is 1. The van der Waals surface area contributed by atoms with Crippen molar-refractivity contribution >= 4 is 28.6 Å². The molecule has 0 saturated carbocycles. The second kappa shape index (κ2) is 10.7. The van der Waals surface area contributed by atoms with Crippen LogP contribution in [0.25, 0.3) is 33.9 Å². The smallest absolute Gasteiger partial charge is 0.300 e. The standard InChI is InChI=1S/C29H36N2OS2.C2H4O2/c1-15-11-20(17(3)33-15)24-25(21-12-16(2)34-18(21)4)31-27(30-24)22-13-19(28(5,6)7)14-23(26(22)32)29(8,9)10;1-2(3)4/h11-14,32H,1-10H3,(H,30,31);1H3,(H,3,4). The Morgan fingerprint density at radius 1 is 0.816 bits per heavy atom. The molecule has 204 valence electrons. The molecule has 0 fully saturated rings. The number of phenols is 1. The Morgan fingerprint density at radius 3 is 1.74 bits per heavy atom. The average molecular weight is 553 g/mol. The number of thiophene rings is 2. The number of hydrogen-bond donors (Lipinski definition) is 3. The molecule has 0 aliphatic rings. The normalized spacial score (nSPS) is 11.9. The van der Waals surface area contributed by atoms with E-state index in [1.165, 1.54) is 30.6 Å². The summed E-state index contributed by atoms with van der Waals surface area (Å²) in [4.78, 5) is 22.9. The first-order valence-corrected chi connectivity index (χ1v) is 14.4. The van der Waals surface area contributed by atoms with Crippen LogP contribution in [0.4, 0.5) is 0 Å². The van der Waals surface area contributed by atoms with Crippen LogP contribution >= 0.6 is 22.7 Å². The minimum absolute atomic E-state index is 0.0528. The Kier molecular flexibility index (Phi) is 8.35. The summed E-state index contributed by atoms with van der Waals surface area (Å²) >= 11 is 3.60. The SMILES string of the molecule is CC(=O)O.Cc1cc(-c2nc(-c3cc(C(C)(C)C)cc(C(C)(C)C)c3O)[nH]c2-c2cc(C)sc2C)c(C)s1. The molecule has 4 aromatic rings. The van der Waals surface area contributed by atoms with Crippen LogP contribution in [-0.2, 0) is 15.6 Å². The number of imidazole rings is 1. The van der Waals surface area contributed by atoms with Gasteiger partial charge in [-0.15, -0.1) is 22.7 Å². The zero-order valence-electron chi connectivity index (χ0n) is 24.4. The number of nitrogens with one attached hydrogen (secondary N) is 1. The van der Waals surface area contributed by atoms with Crippen LogP contribution in [-0.4, -0.2) is 26.2 Å². The van der Waals surface area contributed by atoms with Crippen LogP contribution < -0.4 is 0 Å². The van der Waals surface area contributed by atoms with Crippen molar-refractivity contribution < 1.29 is 15.0 Å². The van der Waals surface area contributed by atoms with E-state index in [1.54, 1.807) is 22.7 Å². The highest BCUT2D eigenvalue weighted by molar-refractivity contribution is 7.12. The van der Waals surface area contributed by atoms with Gasteiger partial charge in [-0.3, -0.25) is 4.79 Å². The van der Waals surface area contributed by atoms with Crippen LogP contribution in [0.5, 0.6) is 5.75 Å². The van der Waals surface area contributed by atoms with Crippen molar-refractivity contribution in [2.75, 3.05) is 0 Å². The second-order valence-corrected chi connectivity index (χ2v) is 14.8. The maximum Gasteiger partial charge on any atom is 0.300 e. The number of H-pyrrole nitrogens is 1. The van der Waals surface area contributed by atoms with E-state index < -0.39 is 5.97 Å². The Balaban J connectivity index is 0.000000934. The highest BCUT2D eigenvalue weighted by Gasteiger charge is 2.28. The Labute approximate surface area is 234 Å². The molecule has 3 heterocycles. The number of benzene rings is 1. The summed E-state index contributed by atoms with van der Waals surface area (Å²) in [5, 5.41) is 18.9. The van der Waals surface area contributed by atoms with Crippen molar-refractivity contribution in [3.63, 3.8) is 0 Å². The van der Waals surface area contributed by atoms with Crippen molar-refractivity contribution in [1.29, 1.82) is 0 Å². The largest absolute Gasteiger partial charge is 0.507 e. The van der Waals surface area contributed by atoms with Gasteiger partial charge in [-0.25, -0.2) is 4.98 Å². The van der Waals surface area contributed by atoms with E-state index in [9.17, 15) is 5.11 Å². The van der Waals surface area contributed by atoms with Crippen molar-refractivity contribution in [1.82, 2.24) is 9.97 Å². The highest BCUT2D eigenvalue weighted by atomic mass is 32.1. The minimum Gasteiger partial charge on any atom is -0.507 e. The molecular weight excluding hydrogens is 512 g/mol. The molecule has 7 heteroatoms. The number of carboxylic acids is 1. The molecule has 0 spiro atoms. The maximum atomic E-state index is 11.5. The van der Waals surface area contributed by atoms with Gasteiger partial charge in [0.1, 0.15) is 11.6 Å². The number of carboxylic acid groups (broad SMARTS) is 1. The molecule has 5 nitrogen and oxygen atoms in total. The number of hydrogen-bond acceptors (Lipinski definition) is 5. The fraction of sp³-hybridized carbons (Fsp3) is 0.419. The van der Waals surface area contributed by atoms with Gasteiger partial charge < -0.3 is 15.2 Å². The molecule has 0 unspecified atom stereocenters. The summed E-state index contributed by atoms with van der Waals surface area (Å²) < 4.78 is 0. The number of aromatic hydroxyl groups is 1. The molecule has 38 heavy (non-hydrogen) atoms. The summed E-state index contributed by atoms with van der Waals surface area (Å²) in [6.45, 7) is 22.8. The summed E-state index contributed by atoms with van der Waals surface area (Å²) in [6, 6.07) is 8.72. The minimum atomic E-state index is -0.833. The summed E-state index contributed by atoms with van der Waals surface area (Å²) in [5.41, 5.74) is 6.97. The summed E-state index contributed by atoms with van der Waals surface area (Å²) in [7, 11) is 0. The fourth-order valence-corrected chi connectivity index (χ4v) is 6.31. The lowest BCUT2D eigenvalue weighted by Gasteiger charge is -2.27. The van der Waals surface area contributed by atoms with Gasteiger partial charge in [-0.1, -0.05) is 47.6 Å². The van der Waals surface area contributed by atoms with Crippen molar-refractivity contribution in [2.24, 2.45) is 0 Å². The van der Waals surface area contributed by atoms with Gasteiger partial charge in [0, 0.05) is 43.1 Å². The predicted molar refractivity (Wildman–Crippen MR) is 162 cm³/mol.